The standard InChI is InChI=1S/C17H14F4N2O2.C6H6O3S/c1-2-24-15(10-3-6-12(7-4-10)25-17(19,20)21)16-22-13-8-5-11(18)9-14(13)23-16;7-10(8,9)6-4-2-1-3-5-6/h3-9,15H,2H2,1H3,(H,22,23);1-5H,(H,7,8,9). The molecule has 7 nitrogen and oxygen atoms in total. The van der Waals surface area contributed by atoms with E-state index in [0.717, 1.165) is 0 Å². The van der Waals surface area contributed by atoms with Crippen molar-refractivity contribution >= 4 is 21.2 Å². The first-order valence-corrected chi connectivity index (χ1v) is 11.6. The van der Waals surface area contributed by atoms with Gasteiger partial charge in [-0.25, -0.2) is 9.37 Å². The predicted octanol–water partition coefficient (Wildman–Crippen LogP) is 5.66. The van der Waals surface area contributed by atoms with Crippen molar-refractivity contribution in [3.63, 3.8) is 0 Å². The van der Waals surface area contributed by atoms with E-state index >= 15 is 0 Å². The molecule has 0 bridgehead atoms. The lowest BCUT2D eigenvalue weighted by molar-refractivity contribution is -0.274. The number of halogens is 4. The molecule has 0 saturated carbocycles. The van der Waals surface area contributed by atoms with Crippen LogP contribution < -0.4 is 4.74 Å². The van der Waals surface area contributed by atoms with Crippen molar-refractivity contribution in [1.29, 1.82) is 0 Å². The molecule has 0 fully saturated rings. The highest BCUT2D eigenvalue weighted by atomic mass is 32.2. The van der Waals surface area contributed by atoms with Gasteiger partial charge in [0.25, 0.3) is 10.1 Å². The topological polar surface area (TPSA) is 102 Å². The van der Waals surface area contributed by atoms with Crippen LogP contribution in [0.5, 0.6) is 5.75 Å². The maximum atomic E-state index is 13.3. The monoisotopic (exact) mass is 512 g/mol. The van der Waals surface area contributed by atoms with E-state index in [1.807, 2.05) is 0 Å². The number of rotatable bonds is 6. The van der Waals surface area contributed by atoms with E-state index in [0.29, 0.717) is 29.0 Å². The number of nitrogens with one attached hydrogen (secondary N) is 1. The number of H-pyrrole nitrogens is 1. The van der Waals surface area contributed by atoms with Crippen molar-refractivity contribution in [2.24, 2.45) is 0 Å². The number of ether oxygens (including phenoxy) is 2. The Morgan fingerprint density at radius 2 is 1.69 bits per heavy atom. The minimum Gasteiger partial charge on any atom is -0.406 e. The van der Waals surface area contributed by atoms with Gasteiger partial charge < -0.3 is 14.5 Å². The quantitative estimate of drug-likeness (QED) is 0.255. The highest BCUT2D eigenvalue weighted by molar-refractivity contribution is 7.85. The summed E-state index contributed by atoms with van der Waals surface area (Å²) in [5.74, 6) is -0.294. The maximum Gasteiger partial charge on any atom is 0.573 e. The van der Waals surface area contributed by atoms with Crippen LogP contribution >= 0.6 is 0 Å². The molecule has 186 valence electrons. The summed E-state index contributed by atoms with van der Waals surface area (Å²) < 4.78 is 88.8. The number of aromatic amines is 1. The zero-order valence-electron chi connectivity index (χ0n) is 18.2. The second kappa shape index (κ2) is 10.8. The zero-order valence-corrected chi connectivity index (χ0v) is 19.0. The van der Waals surface area contributed by atoms with Crippen LogP contribution in [0.4, 0.5) is 17.6 Å². The molecule has 0 spiro atoms. The van der Waals surface area contributed by atoms with Gasteiger partial charge in [0.05, 0.1) is 15.9 Å². The number of aromatic nitrogens is 2. The molecule has 0 radical (unpaired) electrons. The van der Waals surface area contributed by atoms with Gasteiger partial charge in [0.2, 0.25) is 0 Å². The van der Waals surface area contributed by atoms with Gasteiger partial charge in [-0.1, -0.05) is 30.3 Å². The summed E-state index contributed by atoms with van der Waals surface area (Å²) in [6, 6.07) is 16.9. The van der Waals surface area contributed by atoms with Crippen LogP contribution in [0.15, 0.2) is 77.7 Å². The van der Waals surface area contributed by atoms with E-state index in [4.69, 9.17) is 9.29 Å². The van der Waals surface area contributed by atoms with E-state index in [9.17, 15) is 26.0 Å². The number of benzene rings is 3. The van der Waals surface area contributed by atoms with Crippen molar-refractivity contribution in [1.82, 2.24) is 9.97 Å². The summed E-state index contributed by atoms with van der Waals surface area (Å²) in [4.78, 5) is 7.29. The molecule has 12 heteroatoms. The number of hydrogen-bond acceptors (Lipinski definition) is 5. The highest BCUT2D eigenvalue weighted by Gasteiger charge is 2.31. The van der Waals surface area contributed by atoms with Gasteiger partial charge in [-0.15, -0.1) is 13.2 Å². The van der Waals surface area contributed by atoms with Crippen LogP contribution in [0.2, 0.25) is 0 Å². The van der Waals surface area contributed by atoms with Crippen molar-refractivity contribution in [2.45, 2.75) is 24.3 Å². The molecular weight excluding hydrogens is 492 g/mol. The lowest BCUT2D eigenvalue weighted by Gasteiger charge is -2.16. The van der Waals surface area contributed by atoms with Gasteiger partial charge >= 0.3 is 6.36 Å². The fourth-order valence-electron chi connectivity index (χ4n) is 3.06. The molecule has 0 amide bonds. The van der Waals surface area contributed by atoms with Gasteiger partial charge in [0.15, 0.2) is 0 Å². The van der Waals surface area contributed by atoms with Crippen LogP contribution in [-0.2, 0) is 14.9 Å². The number of imidazole rings is 1. The Morgan fingerprint density at radius 3 is 2.23 bits per heavy atom. The molecule has 0 aliphatic carbocycles. The third-order valence-corrected chi connectivity index (χ3v) is 5.37. The van der Waals surface area contributed by atoms with Crippen LogP contribution in [0.25, 0.3) is 11.0 Å². The fraction of sp³-hybridized carbons (Fsp3) is 0.174. The first-order valence-electron chi connectivity index (χ1n) is 10.1. The van der Waals surface area contributed by atoms with E-state index in [1.165, 1.54) is 48.5 Å². The lowest BCUT2D eigenvalue weighted by atomic mass is 10.1. The van der Waals surface area contributed by atoms with E-state index < -0.39 is 28.4 Å². The molecule has 1 unspecified atom stereocenters. The molecular formula is C23H20F4N2O5S. The Morgan fingerprint density at radius 1 is 1.03 bits per heavy atom. The Bertz CT molecular complexity index is 1360. The van der Waals surface area contributed by atoms with E-state index in [1.54, 1.807) is 31.2 Å². The third-order valence-electron chi connectivity index (χ3n) is 4.50. The molecule has 3 aromatic carbocycles. The van der Waals surface area contributed by atoms with Crippen molar-refractivity contribution in [3.8, 4) is 5.75 Å². The Kier molecular flexibility index (Phi) is 8.10. The molecule has 2 N–H and O–H groups in total. The average Bonchev–Trinajstić information content (AvgIpc) is 3.20. The fourth-order valence-corrected chi connectivity index (χ4v) is 3.56. The molecule has 0 aliphatic rings. The molecule has 0 aliphatic heterocycles. The minimum atomic E-state index is -4.75. The third kappa shape index (κ3) is 7.50. The second-order valence-electron chi connectivity index (χ2n) is 7.02. The van der Waals surface area contributed by atoms with E-state index in [2.05, 4.69) is 14.7 Å². The summed E-state index contributed by atoms with van der Waals surface area (Å²) in [7, 11) is -4.00. The van der Waals surface area contributed by atoms with Crippen molar-refractivity contribution < 1.29 is 40.0 Å². The smallest absolute Gasteiger partial charge is 0.406 e. The molecule has 1 heterocycles. The first kappa shape index (κ1) is 26.1. The number of nitrogens with zero attached hydrogens (tertiary/aromatic N) is 1. The molecule has 35 heavy (non-hydrogen) atoms. The van der Waals surface area contributed by atoms with Crippen LogP contribution in [0.3, 0.4) is 0 Å². The van der Waals surface area contributed by atoms with Crippen LogP contribution in [-0.4, -0.2) is 35.9 Å². The van der Waals surface area contributed by atoms with Crippen molar-refractivity contribution in [2.75, 3.05) is 6.61 Å². The summed E-state index contributed by atoms with van der Waals surface area (Å²) in [6.07, 6.45) is -5.37. The Labute approximate surface area is 198 Å². The summed E-state index contributed by atoms with van der Waals surface area (Å²) in [5.41, 5.74) is 1.67. The number of alkyl halides is 3. The molecule has 1 aromatic heterocycles. The summed E-state index contributed by atoms with van der Waals surface area (Å²) in [5, 5.41) is 0. The van der Waals surface area contributed by atoms with Gasteiger partial charge in [0.1, 0.15) is 23.5 Å². The SMILES string of the molecule is CCOC(c1ccc(OC(F)(F)F)cc1)c1nc2cc(F)ccc2[nH]1.O=S(=O)(O)c1ccccc1. The Hall–Kier alpha value is -3.48. The molecule has 1 atom stereocenters. The maximum absolute atomic E-state index is 13.3. The Balaban J connectivity index is 0.000000287. The number of fused-ring (bicyclic) bond motifs is 1. The predicted molar refractivity (Wildman–Crippen MR) is 119 cm³/mol. The number of hydrogen-bond donors (Lipinski definition) is 2. The van der Waals surface area contributed by atoms with Gasteiger partial charge in [-0.2, -0.15) is 8.42 Å². The molecule has 4 rings (SSSR count). The largest absolute Gasteiger partial charge is 0.573 e. The first-order chi connectivity index (χ1) is 16.5. The van der Waals surface area contributed by atoms with Crippen LogP contribution in [0, 0.1) is 5.82 Å². The molecule has 0 saturated heterocycles. The second-order valence-corrected chi connectivity index (χ2v) is 8.45. The van der Waals surface area contributed by atoms with Crippen molar-refractivity contribution in [3.05, 3.63) is 90.0 Å². The lowest BCUT2D eigenvalue weighted by Crippen LogP contribution is -2.17. The average molecular weight is 512 g/mol. The summed E-state index contributed by atoms with van der Waals surface area (Å²) in [6.45, 7) is 2.15. The van der Waals surface area contributed by atoms with Gasteiger partial charge in [0, 0.05) is 12.7 Å². The normalized spacial score (nSPS) is 12.6. The highest BCUT2D eigenvalue weighted by Crippen LogP contribution is 2.29. The van der Waals surface area contributed by atoms with Gasteiger partial charge in [-0.3, -0.25) is 4.55 Å². The minimum absolute atomic E-state index is 0.0741. The van der Waals surface area contributed by atoms with Gasteiger partial charge in [-0.05, 0) is 48.9 Å². The summed E-state index contributed by atoms with van der Waals surface area (Å²) >= 11 is 0. The van der Waals surface area contributed by atoms with E-state index in [-0.39, 0.29) is 10.6 Å². The molecule has 4 aromatic rings. The zero-order chi connectivity index (χ0) is 25.6. The van der Waals surface area contributed by atoms with Crippen LogP contribution in [0.1, 0.15) is 24.4 Å².